The van der Waals surface area contributed by atoms with Crippen LogP contribution in [0.1, 0.15) is 35.7 Å². The van der Waals surface area contributed by atoms with Gasteiger partial charge in [0.1, 0.15) is 0 Å². The Balaban J connectivity index is 2.23. The Bertz CT molecular complexity index is 554. The number of nitro groups is 1. The predicted molar refractivity (Wildman–Crippen MR) is 73.6 cm³/mol. The summed E-state index contributed by atoms with van der Waals surface area (Å²) in [7, 11) is 0. The van der Waals surface area contributed by atoms with Crippen molar-refractivity contribution in [1.82, 2.24) is 4.90 Å². The smallest absolute Gasteiger partial charge is 0.269 e. The molecule has 1 aliphatic rings. The highest BCUT2D eigenvalue weighted by Crippen LogP contribution is 2.24. The van der Waals surface area contributed by atoms with Crippen molar-refractivity contribution < 1.29 is 14.8 Å². The quantitative estimate of drug-likeness (QED) is 0.661. The molecule has 1 saturated heterocycles. The minimum atomic E-state index is -0.859. The number of carbonyl (C=O) groups is 1. The molecule has 6 nitrogen and oxygen atoms in total. The summed E-state index contributed by atoms with van der Waals surface area (Å²) in [6.07, 6.45) is 1.43. The van der Waals surface area contributed by atoms with Gasteiger partial charge in [0.05, 0.1) is 10.5 Å². The first-order chi connectivity index (χ1) is 9.30. The number of carbonyl (C=O) groups excluding carboxylic acids is 1. The van der Waals surface area contributed by atoms with Gasteiger partial charge in [0.15, 0.2) is 0 Å². The number of aliphatic hydroxyl groups is 1. The Labute approximate surface area is 117 Å². The zero-order valence-electron chi connectivity index (χ0n) is 11.6. The number of likely N-dealkylation sites (tertiary alicyclic amines) is 1. The molecule has 0 aromatic heterocycles. The first-order valence-electron chi connectivity index (χ1n) is 6.57. The van der Waals surface area contributed by atoms with E-state index in [1.807, 2.05) is 0 Å². The van der Waals surface area contributed by atoms with Crippen LogP contribution in [0.5, 0.6) is 0 Å². The normalized spacial score (nSPS) is 22.6. The highest BCUT2D eigenvalue weighted by Gasteiger charge is 2.31. The second kappa shape index (κ2) is 5.20. The van der Waals surface area contributed by atoms with Crippen molar-refractivity contribution in [3.8, 4) is 0 Å². The van der Waals surface area contributed by atoms with Gasteiger partial charge in [0.2, 0.25) is 0 Å². The molecular formula is C14H18N2O4. The van der Waals surface area contributed by atoms with Gasteiger partial charge in [0.25, 0.3) is 11.6 Å². The molecule has 0 aliphatic carbocycles. The number of piperidine rings is 1. The molecule has 0 radical (unpaired) electrons. The van der Waals surface area contributed by atoms with Crippen LogP contribution < -0.4 is 0 Å². The van der Waals surface area contributed by atoms with E-state index in [1.165, 1.54) is 18.2 Å². The third-order valence-electron chi connectivity index (χ3n) is 3.61. The van der Waals surface area contributed by atoms with Gasteiger partial charge in [-0.15, -0.1) is 0 Å². The molecule has 0 saturated carbocycles. The number of aryl methyl sites for hydroxylation is 1. The van der Waals surface area contributed by atoms with Gasteiger partial charge in [-0.2, -0.15) is 0 Å². The molecule has 1 atom stereocenters. The van der Waals surface area contributed by atoms with Crippen molar-refractivity contribution in [3.05, 3.63) is 39.4 Å². The molecule has 1 aliphatic heterocycles. The van der Waals surface area contributed by atoms with Crippen molar-refractivity contribution >= 4 is 11.6 Å². The lowest BCUT2D eigenvalue weighted by Crippen LogP contribution is -2.48. The molecule has 2 rings (SSSR count). The van der Waals surface area contributed by atoms with Gasteiger partial charge in [-0.05, 0) is 38.3 Å². The monoisotopic (exact) mass is 278 g/mol. The third kappa shape index (κ3) is 2.96. The van der Waals surface area contributed by atoms with E-state index in [-0.39, 0.29) is 11.6 Å². The fraction of sp³-hybridized carbons (Fsp3) is 0.500. The molecule has 6 heteroatoms. The van der Waals surface area contributed by atoms with Crippen LogP contribution in [0, 0.1) is 17.0 Å². The Morgan fingerprint density at radius 3 is 2.75 bits per heavy atom. The summed E-state index contributed by atoms with van der Waals surface area (Å²) in [6, 6.07) is 4.22. The average molecular weight is 278 g/mol. The fourth-order valence-corrected chi connectivity index (χ4v) is 2.57. The zero-order valence-corrected chi connectivity index (χ0v) is 11.6. The molecule has 1 aromatic rings. The second-order valence-corrected chi connectivity index (χ2v) is 5.58. The van der Waals surface area contributed by atoms with Crippen molar-refractivity contribution in [3.63, 3.8) is 0 Å². The van der Waals surface area contributed by atoms with E-state index in [0.29, 0.717) is 30.6 Å². The minimum absolute atomic E-state index is 0.0234. The maximum absolute atomic E-state index is 12.4. The number of benzene rings is 1. The van der Waals surface area contributed by atoms with Crippen molar-refractivity contribution in [2.45, 2.75) is 32.3 Å². The van der Waals surface area contributed by atoms with Gasteiger partial charge in [-0.1, -0.05) is 0 Å². The van der Waals surface area contributed by atoms with Crippen LogP contribution in [-0.2, 0) is 0 Å². The lowest BCUT2D eigenvalue weighted by Gasteiger charge is -2.37. The van der Waals surface area contributed by atoms with E-state index in [1.54, 1.807) is 18.7 Å². The van der Waals surface area contributed by atoms with E-state index in [9.17, 15) is 20.0 Å². The molecular weight excluding hydrogens is 260 g/mol. The Kier molecular flexibility index (Phi) is 3.76. The summed E-state index contributed by atoms with van der Waals surface area (Å²) < 4.78 is 0. The number of amides is 1. The topological polar surface area (TPSA) is 83.7 Å². The van der Waals surface area contributed by atoms with Crippen molar-refractivity contribution in [2.75, 3.05) is 13.1 Å². The summed E-state index contributed by atoms with van der Waals surface area (Å²) in [4.78, 5) is 24.3. The fourth-order valence-electron chi connectivity index (χ4n) is 2.57. The van der Waals surface area contributed by atoms with E-state index >= 15 is 0 Å². The maximum atomic E-state index is 12.4. The van der Waals surface area contributed by atoms with Gasteiger partial charge in [0, 0.05) is 30.8 Å². The molecule has 108 valence electrons. The molecule has 0 bridgehead atoms. The molecule has 1 N–H and O–H groups in total. The SMILES string of the molecule is Cc1cc([N+](=O)[O-])ccc1C(=O)N1CCCC(C)(O)C1. The molecule has 1 unspecified atom stereocenters. The van der Waals surface area contributed by atoms with Gasteiger partial charge < -0.3 is 10.0 Å². The largest absolute Gasteiger partial charge is 0.388 e. The number of rotatable bonds is 2. The molecule has 1 amide bonds. The summed E-state index contributed by atoms with van der Waals surface area (Å²) in [6.45, 7) is 4.30. The van der Waals surface area contributed by atoms with Crippen molar-refractivity contribution in [2.24, 2.45) is 0 Å². The summed E-state index contributed by atoms with van der Waals surface area (Å²) in [5, 5.41) is 20.7. The molecule has 20 heavy (non-hydrogen) atoms. The van der Waals surface area contributed by atoms with E-state index in [0.717, 1.165) is 6.42 Å². The highest BCUT2D eigenvalue weighted by molar-refractivity contribution is 5.96. The number of nitro benzene ring substituents is 1. The number of nitrogens with zero attached hydrogens (tertiary/aromatic N) is 2. The maximum Gasteiger partial charge on any atom is 0.269 e. The summed E-state index contributed by atoms with van der Waals surface area (Å²) in [5.41, 5.74) is 0.148. The van der Waals surface area contributed by atoms with E-state index < -0.39 is 10.5 Å². The van der Waals surface area contributed by atoms with E-state index in [4.69, 9.17) is 0 Å². The van der Waals surface area contributed by atoms with Gasteiger partial charge in [-0.3, -0.25) is 14.9 Å². The van der Waals surface area contributed by atoms with Crippen LogP contribution in [0.25, 0.3) is 0 Å². The standard InChI is InChI=1S/C14H18N2O4/c1-10-8-11(16(19)20)4-5-12(10)13(17)15-7-3-6-14(2,18)9-15/h4-5,8,18H,3,6-7,9H2,1-2H3. The number of hydrogen-bond donors (Lipinski definition) is 1. The first-order valence-corrected chi connectivity index (χ1v) is 6.57. The summed E-state index contributed by atoms with van der Waals surface area (Å²) >= 11 is 0. The zero-order chi connectivity index (χ0) is 14.9. The number of non-ortho nitro benzene ring substituents is 1. The number of β-amino-alcohol motifs (C(OH)–C–C–N with tert-alkyl or cyclic N) is 1. The van der Waals surface area contributed by atoms with Crippen LogP contribution >= 0.6 is 0 Å². The van der Waals surface area contributed by atoms with E-state index in [2.05, 4.69) is 0 Å². The summed E-state index contributed by atoms with van der Waals surface area (Å²) in [5.74, 6) is -0.183. The van der Waals surface area contributed by atoms with Gasteiger partial charge >= 0.3 is 0 Å². The Hall–Kier alpha value is -1.95. The van der Waals surface area contributed by atoms with Crippen LogP contribution in [-0.4, -0.2) is 39.5 Å². The molecule has 1 aromatic carbocycles. The molecule has 1 heterocycles. The average Bonchev–Trinajstić information content (AvgIpc) is 2.36. The van der Waals surface area contributed by atoms with Crippen LogP contribution in [0.4, 0.5) is 5.69 Å². The highest BCUT2D eigenvalue weighted by atomic mass is 16.6. The molecule has 0 spiro atoms. The second-order valence-electron chi connectivity index (χ2n) is 5.58. The lowest BCUT2D eigenvalue weighted by molar-refractivity contribution is -0.384. The minimum Gasteiger partial charge on any atom is -0.388 e. The van der Waals surface area contributed by atoms with Crippen LogP contribution in [0.2, 0.25) is 0 Å². The van der Waals surface area contributed by atoms with Gasteiger partial charge in [-0.25, -0.2) is 0 Å². The first kappa shape index (κ1) is 14.5. The Morgan fingerprint density at radius 1 is 1.50 bits per heavy atom. The third-order valence-corrected chi connectivity index (χ3v) is 3.61. The van der Waals surface area contributed by atoms with Crippen LogP contribution in [0.15, 0.2) is 18.2 Å². The van der Waals surface area contributed by atoms with Crippen LogP contribution in [0.3, 0.4) is 0 Å². The van der Waals surface area contributed by atoms with Crippen molar-refractivity contribution in [1.29, 1.82) is 0 Å². The molecule has 1 fully saturated rings. The lowest BCUT2D eigenvalue weighted by atomic mass is 9.94. The predicted octanol–water partition coefficient (Wildman–Crippen LogP) is 1.89. The Morgan fingerprint density at radius 2 is 2.20 bits per heavy atom. The number of hydrogen-bond acceptors (Lipinski definition) is 4.